The van der Waals surface area contributed by atoms with Gasteiger partial charge in [0.1, 0.15) is 85.1 Å². The van der Waals surface area contributed by atoms with Crippen molar-refractivity contribution in [3.63, 3.8) is 0 Å². The molecule has 0 spiro atoms. The molecule has 18 atom stereocenters. The molecular formula is C103H154N6O30. The van der Waals surface area contributed by atoms with Crippen molar-refractivity contribution >= 4 is 82.8 Å². The molecule has 139 heavy (non-hydrogen) atoms. The van der Waals surface area contributed by atoms with Crippen LogP contribution in [0.25, 0.3) is 0 Å². The number of aliphatic hydroxyl groups excluding tert-OH is 1. The molecule has 0 saturated carbocycles. The molecular weight excluding hydrogens is 1800 g/mol. The smallest absolute Gasteiger partial charge is 0.303 e. The highest BCUT2D eigenvalue weighted by Crippen LogP contribution is 2.45. The predicted molar refractivity (Wildman–Crippen MR) is 508 cm³/mol. The zero-order valence-corrected chi connectivity index (χ0v) is 83.9. The third-order valence-corrected chi connectivity index (χ3v) is 26.6. The van der Waals surface area contributed by atoms with Crippen LogP contribution < -0.4 is 36.1 Å². The lowest BCUT2D eigenvalue weighted by Crippen LogP contribution is -2.53. The van der Waals surface area contributed by atoms with Crippen LogP contribution in [-0.4, -0.2) is 260 Å². The van der Waals surface area contributed by atoms with Crippen molar-refractivity contribution in [2.24, 2.45) is 40.9 Å². The summed E-state index contributed by atoms with van der Waals surface area (Å²) in [5.74, 6) is -5.12. The number of nitrogens with zero attached hydrogens (tertiary/aromatic N) is 1. The number of rotatable bonds is 63. The fourth-order valence-corrected chi connectivity index (χ4v) is 18.1. The topological polar surface area (TPSA) is 461 Å². The van der Waals surface area contributed by atoms with Crippen molar-refractivity contribution in [1.29, 1.82) is 0 Å². The Kier molecular flexibility index (Phi) is 50.8. The van der Waals surface area contributed by atoms with Gasteiger partial charge in [0, 0.05) is 200 Å². The molecule has 6 amide bonds. The number of β-amino-alcohol motifs (C(OH)–C–C–N with tert-alkyl or cyclic N) is 1. The number of esters is 6. The van der Waals surface area contributed by atoms with E-state index in [-0.39, 0.29) is 233 Å². The predicted octanol–water partition coefficient (Wildman–Crippen LogP) is 10.6. The zero-order chi connectivity index (χ0) is 102. The summed E-state index contributed by atoms with van der Waals surface area (Å²) in [4.78, 5) is 184. The minimum atomic E-state index is -1.26. The molecule has 4 fully saturated rings. The highest BCUT2D eigenvalue weighted by molar-refractivity contribution is 5.86. The first-order valence-corrected chi connectivity index (χ1v) is 49.5. The molecule has 36 heteroatoms. The third-order valence-electron chi connectivity index (χ3n) is 26.6. The second-order valence-electron chi connectivity index (χ2n) is 37.3. The maximum Gasteiger partial charge on any atom is 0.303 e. The number of methoxy groups -OCH3 is 2. The Balaban J connectivity index is 1.00. The van der Waals surface area contributed by atoms with Gasteiger partial charge in [0.2, 0.25) is 35.4 Å². The molecule has 6 N–H and O–H groups in total. The SMILES string of the molecule is COc1ccc(C(OC[C@H]2C[C@H](O)CN2C(=O)CCC(=O)CC(CCC(=O)NCCCCC(=O)CCCCOC2OC(COC(C)=O)C(OC(C)=O)C(C)C2C)(CCC(=O)NCCCNC(=O)CCCCCOC2OC(COC(C)=O)C(OC(C)=O)C(C)C2C)CCC(=O)NCCCNC(=O)CCCCOC2OC(COC(C)=O)C(OC(C)=O)C(C)C2C)(c2ccccc2)c2ccc(OC)cc2)cc1. The van der Waals surface area contributed by atoms with Crippen molar-refractivity contribution in [2.45, 2.75) is 317 Å². The summed E-state index contributed by atoms with van der Waals surface area (Å²) in [6.07, 6.45) is -1.50. The van der Waals surface area contributed by atoms with Crippen molar-refractivity contribution in [1.82, 2.24) is 31.5 Å². The van der Waals surface area contributed by atoms with Crippen LogP contribution >= 0.6 is 0 Å². The largest absolute Gasteiger partial charge is 0.497 e. The lowest BCUT2D eigenvalue weighted by molar-refractivity contribution is -0.273. The summed E-state index contributed by atoms with van der Waals surface area (Å²) in [6.45, 7) is 20.7. The van der Waals surface area contributed by atoms with Crippen molar-refractivity contribution < 1.29 is 143 Å². The van der Waals surface area contributed by atoms with E-state index < -0.39 is 126 Å². The number of carbonyl (C=O) groups is 14. The van der Waals surface area contributed by atoms with Crippen LogP contribution in [0.5, 0.6) is 11.5 Å². The Bertz CT molecular complexity index is 4190. The van der Waals surface area contributed by atoms with Crippen LogP contribution in [0.3, 0.4) is 0 Å². The molecule has 4 saturated heterocycles. The maximum absolute atomic E-state index is 15.0. The van der Waals surface area contributed by atoms with Crippen LogP contribution in [0.15, 0.2) is 78.9 Å². The molecule has 7 rings (SSSR count). The average molecular weight is 1960 g/mol. The van der Waals surface area contributed by atoms with Crippen LogP contribution in [0.2, 0.25) is 0 Å². The number of likely N-dealkylation sites (tertiary alicyclic amines) is 1. The molecule has 16 unspecified atom stereocenters. The van der Waals surface area contributed by atoms with Crippen molar-refractivity contribution in [2.75, 3.05) is 99.7 Å². The van der Waals surface area contributed by atoms with Gasteiger partial charge in [-0.05, 0) is 136 Å². The number of nitrogens with one attached hydrogen (secondary N) is 5. The molecule has 3 aromatic rings. The normalized spacial score (nSPS) is 23.3. The lowest BCUT2D eigenvalue weighted by Gasteiger charge is -2.43. The summed E-state index contributed by atoms with van der Waals surface area (Å²) in [5.41, 5.74) is -0.173. The van der Waals surface area contributed by atoms with E-state index in [0.29, 0.717) is 95.2 Å². The molecule has 776 valence electrons. The van der Waals surface area contributed by atoms with Gasteiger partial charge in [-0.1, -0.05) is 103 Å². The zero-order valence-electron chi connectivity index (χ0n) is 83.9. The second-order valence-corrected chi connectivity index (χ2v) is 37.3. The lowest BCUT2D eigenvalue weighted by atomic mass is 9.71. The van der Waals surface area contributed by atoms with Gasteiger partial charge in [-0.2, -0.15) is 0 Å². The minimum Gasteiger partial charge on any atom is -0.497 e. The molecule has 0 aromatic heterocycles. The summed E-state index contributed by atoms with van der Waals surface area (Å²) in [7, 11) is 3.16. The van der Waals surface area contributed by atoms with Crippen LogP contribution in [-0.2, 0) is 134 Å². The van der Waals surface area contributed by atoms with E-state index in [1.54, 1.807) is 19.1 Å². The van der Waals surface area contributed by atoms with Gasteiger partial charge in [0.25, 0.3) is 0 Å². The van der Waals surface area contributed by atoms with E-state index >= 15 is 4.79 Å². The van der Waals surface area contributed by atoms with Gasteiger partial charge in [-0.25, -0.2) is 0 Å². The van der Waals surface area contributed by atoms with Crippen molar-refractivity contribution in [3.05, 3.63) is 95.6 Å². The van der Waals surface area contributed by atoms with E-state index in [1.807, 2.05) is 120 Å². The monoisotopic (exact) mass is 1960 g/mol. The van der Waals surface area contributed by atoms with E-state index in [2.05, 4.69) is 26.6 Å². The third kappa shape index (κ3) is 39.7. The standard InChI is InChI=1S/C103H154N6O30/c1-66-69(4)99(137-87(63-130-72(7)110)96(66)134-75(10)113)127-56-24-16-19-33-90(119)105-52-27-54-107-93(122)46-49-102(48-45-92(121)104-51-23-20-31-82(116)32-21-25-57-128-100-70(5)67(2)97(135-76(11)114)88(138-100)64-131-73(8)111,50-47-94(123)108-55-28-53-106-91(120)34-22-26-58-129-101-71(6)68(3)98(136-77(12)115)89(139-101)65-132-74(9)112)60-83(117)39-44-95(124)109-61-84(118)59-81(109)62-133-103(78-29-17-15-18-30-78,79-35-40-85(125-13)41-36-79)80-37-42-86(126-14)43-38-80/h15,17-18,29-30,35-38,40-43,66-71,81,84,87-89,96-101,118H,16,19-28,31-34,39,44-65H2,1-14H3,(H,104,121)(H,105,119)(H,106,120)(H,107,122)(H,108,123)/t66?,67?,68?,69?,70?,71?,81-,84+,87?,88?,89?,96?,97?,98?,99?,100?,101?,102?/m1/s1. The number of carbonyl (C=O) groups excluding carboxylic acids is 14. The number of unbranched alkanes of at least 4 members (excludes halogenated alkanes) is 5. The number of Topliss-reactive ketones (excluding diaryl/α,β-unsaturated/α-hetero) is 2. The summed E-state index contributed by atoms with van der Waals surface area (Å²) in [6, 6.07) is 24.0. The quantitative estimate of drug-likeness (QED) is 0.0132. The van der Waals surface area contributed by atoms with Gasteiger partial charge in [-0.3, -0.25) is 67.1 Å². The fraction of sp³-hybridized carbons (Fsp3) is 0.689. The molecule has 0 bridgehead atoms. The Labute approximate surface area is 818 Å². The van der Waals surface area contributed by atoms with Gasteiger partial charge in [0.05, 0.1) is 33.0 Å². The molecule has 36 nitrogen and oxygen atoms in total. The molecule has 0 radical (unpaired) electrons. The minimum absolute atomic E-state index is 0.0275. The fourth-order valence-electron chi connectivity index (χ4n) is 18.1. The molecule has 4 aliphatic rings. The average Bonchev–Trinajstić information content (AvgIpc) is 1.26. The molecule has 4 aliphatic heterocycles. The number of hydrogen-bond donors (Lipinski definition) is 6. The van der Waals surface area contributed by atoms with Gasteiger partial charge < -0.3 is 108 Å². The number of benzene rings is 3. The van der Waals surface area contributed by atoms with Crippen LogP contribution in [0.4, 0.5) is 0 Å². The highest BCUT2D eigenvalue weighted by atomic mass is 16.7. The summed E-state index contributed by atoms with van der Waals surface area (Å²) in [5, 5.41) is 26.1. The number of ketones is 2. The maximum atomic E-state index is 15.0. The van der Waals surface area contributed by atoms with Crippen LogP contribution in [0, 0.1) is 40.9 Å². The van der Waals surface area contributed by atoms with Crippen molar-refractivity contribution in [3.8, 4) is 11.5 Å². The number of amides is 6. The Hall–Kier alpha value is -10.1. The molecule has 0 aliphatic carbocycles. The number of aliphatic hydroxyl groups is 1. The van der Waals surface area contributed by atoms with Gasteiger partial charge in [0.15, 0.2) is 18.9 Å². The summed E-state index contributed by atoms with van der Waals surface area (Å²) >= 11 is 0. The van der Waals surface area contributed by atoms with Gasteiger partial charge in [-0.15, -0.1) is 0 Å². The highest BCUT2D eigenvalue weighted by Gasteiger charge is 2.49. The second kappa shape index (κ2) is 60.9. The number of ether oxygens (including phenoxy) is 15. The number of hydrogen-bond acceptors (Lipinski definition) is 30. The first-order chi connectivity index (χ1) is 66.4. The Morgan fingerprint density at radius 2 is 0.719 bits per heavy atom. The first kappa shape index (κ1) is 116. The van der Waals surface area contributed by atoms with E-state index in [4.69, 9.17) is 71.1 Å². The van der Waals surface area contributed by atoms with Crippen LogP contribution in [0.1, 0.15) is 260 Å². The van der Waals surface area contributed by atoms with E-state index in [0.717, 1.165) is 16.7 Å². The molecule has 3 aromatic carbocycles. The first-order valence-electron chi connectivity index (χ1n) is 49.5. The Morgan fingerprint density at radius 3 is 1.09 bits per heavy atom. The van der Waals surface area contributed by atoms with Gasteiger partial charge >= 0.3 is 35.8 Å². The van der Waals surface area contributed by atoms with E-state index in [1.165, 1.54) is 41.5 Å². The Morgan fingerprint density at radius 1 is 0.374 bits per heavy atom. The molecule has 4 heterocycles. The summed E-state index contributed by atoms with van der Waals surface area (Å²) < 4.78 is 87.5. The van der Waals surface area contributed by atoms with E-state index in [9.17, 15) is 67.4 Å².